The molecule has 1 fully saturated rings. The number of halogens is 4. The molecule has 4 atom stereocenters. The van der Waals surface area contributed by atoms with Crippen molar-refractivity contribution < 1.29 is 50.0 Å². The van der Waals surface area contributed by atoms with Crippen LogP contribution < -0.4 is 17.4 Å². The van der Waals surface area contributed by atoms with Crippen LogP contribution in [-0.2, 0) is 27.5 Å². The Morgan fingerprint density at radius 1 is 0.902 bits per heavy atom. The monoisotopic (exact) mass is 779 g/mol. The van der Waals surface area contributed by atoms with E-state index in [1.54, 1.807) is 0 Å². The number of hydrogen-bond donors (Lipinski definition) is 3. The number of rotatable bonds is 25. The Kier molecular flexibility index (Phi) is 21.2. The lowest BCUT2D eigenvalue weighted by Crippen LogP contribution is -2.46. The molecule has 2 rings (SSSR count). The molecule has 0 bridgehead atoms. The molecule has 0 saturated carbocycles. The number of unbranched alkanes of at least 4 members (excludes halogenated alkanes) is 12. The van der Waals surface area contributed by atoms with Gasteiger partial charge in [0.15, 0.2) is 8.32 Å². The fourth-order valence-electron chi connectivity index (χ4n) is 5.37. The zero-order valence-electron chi connectivity index (χ0n) is 31.1. The number of nitrogens with zero attached hydrogens (tertiary/aromatic N) is 1. The van der Waals surface area contributed by atoms with E-state index in [9.17, 15) is 36.6 Å². The number of phosphoric acid groups is 1. The van der Waals surface area contributed by atoms with Gasteiger partial charge in [0.25, 0.3) is 5.56 Å². The highest BCUT2D eigenvalue weighted by atomic mass is 31.2. The lowest BCUT2D eigenvalue weighted by Gasteiger charge is -2.39. The van der Waals surface area contributed by atoms with Gasteiger partial charge in [-0.3, -0.25) is 23.4 Å². The summed E-state index contributed by atoms with van der Waals surface area (Å²) in [6.07, 6.45) is 6.21. The summed E-state index contributed by atoms with van der Waals surface area (Å²) < 4.78 is 92.2. The maximum Gasteiger partial charge on any atom is 0.472 e. The van der Waals surface area contributed by atoms with Crippen LogP contribution in [0.2, 0.25) is 18.1 Å². The third-order valence-corrected chi connectivity index (χ3v) is 14.8. The highest BCUT2D eigenvalue weighted by Gasteiger charge is 2.46. The number of aromatic nitrogens is 2. The van der Waals surface area contributed by atoms with E-state index >= 15 is 0 Å². The van der Waals surface area contributed by atoms with Crippen molar-refractivity contribution >= 4 is 16.1 Å². The quantitative estimate of drug-likeness (QED) is 0.0377. The standard InChI is InChI=1S/C33H59F4N2O9PSi.H3N/c1-32(2,3)50(4,5)48-27-23-29(39-24-26(34)30(40)38-31(39)41)47-28(27)25-46-49(42,43)45-22-21-44-20-18-16-14-12-10-8-6-7-9-11-13-15-17-19-33(35,36)37;/h24,27-29H,6-23,25H2,1-5H3,(H,42,43)(H,38,40,41);1H3. The first-order valence-corrected chi connectivity index (χ1v) is 22.3. The number of hydrogen-bond acceptors (Lipinski definition) is 9. The molecule has 51 heavy (non-hydrogen) atoms. The maximum absolute atomic E-state index is 14.0. The van der Waals surface area contributed by atoms with Crippen molar-refractivity contribution in [2.45, 2.75) is 160 Å². The molecule has 0 spiro atoms. The summed E-state index contributed by atoms with van der Waals surface area (Å²) in [4.78, 5) is 36.1. The largest absolute Gasteiger partial charge is 0.472 e. The van der Waals surface area contributed by atoms with Crippen molar-refractivity contribution in [1.82, 2.24) is 15.7 Å². The Morgan fingerprint density at radius 2 is 1.43 bits per heavy atom. The topological polar surface area (TPSA) is 173 Å². The first kappa shape index (κ1) is 47.6. The van der Waals surface area contributed by atoms with Crippen LogP contribution in [0, 0.1) is 5.82 Å². The minimum atomic E-state index is -4.49. The SMILES string of the molecule is CC(C)(C)[Si](C)(C)OC1CC(n2cc(F)c(=O)[nH]c2=O)OC1COP(=O)(O)OCCOCCCCCCCCCCCCCCCC(F)(F)F.N. The highest BCUT2D eigenvalue weighted by molar-refractivity contribution is 7.47. The van der Waals surface area contributed by atoms with Crippen molar-refractivity contribution in [2.24, 2.45) is 0 Å². The van der Waals surface area contributed by atoms with Crippen molar-refractivity contribution in [3.63, 3.8) is 0 Å². The molecule has 0 aromatic carbocycles. The van der Waals surface area contributed by atoms with Gasteiger partial charge < -0.3 is 24.9 Å². The summed E-state index contributed by atoms with van der Waals surface area (Å²) in [5.41, 5.74) is -2.00. The first-order chi connectivity index (χ1) is 23.3. The smallest absolute Gasteiger partial charge is 0.411 e. The van der Waals surface area contributed by atoms with E-state index in [-0.39, 0.29) is 43.9 Å². The summed E-state index contributed by atoms with van der Waals surface area (Å²) >= 11 is 0. The molecule has 1 aromatic heterocycles. The summed E-state index contributed by atoms with van der Waals surface area (Å²) in [6, 6.07) is 0. The fraction of sp³-hybridized carbons (Fsp3) is 0.879. The molecule has 1 saturated heterocycles. The normalized spacial score (nSPS) is 19.6. The summed E-state index contributed by atoms with van der Waals surface area (Å²) in [5.74, 6) is -1.15. The van der Waals surface area contributed by atoms with Gasteiger partial charge in [-0.15, -0.1) is 0 Å². The van der Waals surface area contributed by atoms with Gasteiger partial charge in [0.05, 0.1) is 32.1 Å². The van der Waals surface area contributed by atoms with Gasteiger partial charge in [-0.25, -0.2) is 9.36 Å². The number of H-pyrrole nitrogens is 1. The second-order valence-electron chi connectivity index (χ2n) is 14.6. The minimum Gasteiger partial charge on any atom is -0.411 e. The van der Waals surface area contributed by atoms with E-state index in [4.69, 9.17) is 22.9 Å². The summed E-state index contributed by atoms with van der Waals surface area (Å²) in [7, 11) is -6.86. The van der Waals surface area contributed by atoms with Crippen LogP contribution >= 0.6 is 7.82 Å². The maximum atomic E-state index is 14.0. The second-order valence-corrected chi connectivity index (χ2v) is 20.8. The zero-order chi connectivity index (χ0) is 37.4. The predicted octanol–water partition coefficient (Wildman–Crippen LogP) is 8.69. The molecule has 5 N–H and O–H groups in total. The van der Waals surface area contributed by atoms with E-state index in [0.29, 0.717) is 13.0 Å². The van der Waals surface area contributed by atoms with Crippen LogP contribution in [0.25, 0.3) is 0 Å². The molecule has 1 aliphatic rings. The van der Waals surface area contributed by atoms with Crippen LogP contribution in [0.5, 0.6) is 0 Å². The van der Waals surface area contributed by atoms with Gasteiger partial charge >= 0.3 is 19.7 Å². The van der Waals surface area contributed by atoms with E-state index in [0.717, 1.165) is 81.4 Å². The molecule has 2 heterocycles. The van der Waals surface area contributed by atoms with Crippen molar-refractivity contribution in [3.05, 3.63) is 32.9 Å². The number of phosphoric ester groups is 1. The Hall–Kier alpha value is -1.43. The Balaban J connectivity index is 0.0000130. The van der Waals surface area contributed by atoms with Crippen molar-refractivity contribution in [3.8, 4) is 0 Å². The van der Waals surface area contributed by atoms with Crippen LogP contribution in [0.15, 0.2) is 15.8 Å². The van der Waals surface area contributed by atoms with Crippen LogP contribution in [-0.4, -0.2) is 67.6 Å². The van der Waals surface area contributed by atoms with E-state index in [1.165, 1.54) is 0 Å². The third kappa shape index (κ3) is 18.9. The lowest BCUT2D eigenvalue weighted by molar-refractivity contribution is -0.135. The molecule has 0 amide bonds. The second kappa shape index (κ2) is 22.7. The Labute approximate surface area is 300 Å². The molecular formula is C33H62F4N3O9PSi. The van der Waals surface area contributed by atoms with Gasteiger partial charge in [0, 0.05) is 19.4 Å². The third-order valence-electron chi connectivity index (χ3n) is 9.30. The molecule has 1 aliphatic heterocycles. The molecule has 0 radical (unpaired) electrons. The summed E-state index contributed by atoms with van der Waals surface area (Å²) in [6.45, 7) is 10.2. The van der Waals surface area contributed by atoms with Gasteiger partial charge in [-0.2, -0.15) is 17.6 Å². The Bertz CT molecular complexity index is 1290. The van der Waals surface area contributed by atoms with Crippen LogP contribution in [0.4, 0.5) is 17.6 Å². The van der Waals surface area contributed by atoms with Crippen molar-refractivity contribution in [2.75, 3.05) is 26.4 Å². The Morgan fingerprint density at radius 3 is 1.96 bits per heavy atom. The molecule has 18 heteroatoms. The number of aromatic amines is 1. The van der Waals surface area contributed by atoms with Gasteiger partial charge in [-0.1, -0.05) is 91.4 Å². The van der Waals surface area contributed by atoms with Gasteiger partial charge in [0.1, 0.15) is 12.3 Å². The molecule has 4 unspecified atom stereocenters. The van der Waals surface area contributed by atoms with Gasteiger partial charge in [-0.05, 0) is 31.0 Å². The zero-order valence-corrected chi connectivity index (χ0v) is 33.0. The molecule has 12 nitrogen and oxygen atoms in total. The van der Waals surface area contributed by atoms with Crippen LogP contribution in [0.1, 0.15) is 123 Å². The van der Waals surface area contributed by atoms with Crippen molar-refractivity contribution in [1.29, 1.82) is 0 Å². The predicted molar refractivity (Wildman–Crippen MR) is 190 cm³/mol. The molecule has 1 aromatic rings. The van der Waals surface area contributed by atoms with Gasteiger partial charge in [0.2, 0.25) is 5.82 Å². The summed E-state index contributed by atoms with van der Waals surface area (Å²) in [5, 5.41) is -0.176. The van der Waals surface area contributed by atoms with E-state index < -0.39 is 64.2 Å². The molecule has 300 valence electrons. The molecule has 0 aliphatic carbocycles. The average molecular weight is 780 g/mol. The number of alkyl halides is 3. The highest BCUT2D eigenvalue weighted by Crippen LogP contribution is 2.45. The fourth-order valence-corrected chi connectivity index (χ4v) is 7.44. The molecular weight excluding hydrogens is 717 g/mol. The van der Waals surface area contributed by atoms with Crippen LogP contribution in [0.3, 0.4) is 0 Å². The van der Waals surface area contributed by atoms with E-state index in [1.807, 2.05) is 38.8 Å². The average Bonchev–Trinajstić information content (AvgIpc) is 3.39. The number of ether oxygens (including phenoxy) is 2. The minimum absolute atomic E-state index is 0. The number of nitrogens with one attached hydrogen (secondary N) is 1. The lowest BCUT2D eigenvalue weighted by atomic mass is 10.0. The first-order valence-electron chi connectivity index (χ1n) is 17.9. The van der Waals surface area contributed by atoms with E-state index in [2.05, 4.69) is 0 Å².